The maximum Gasteiger partial charge on any atom is 0.195 e. The summed E-state index contributed by atoms with van der Waals surface area (Å²) in [5.41, 5.74) is 13.8. The average molecular weight is 695 g/mol. The molecule has 12 rings (SSSR count). The van der Waals surface area contributed by atoms with Crippen LogP contribution < -0.4 is 0 Å². The van der Waals surface area contributed by atoms with E-state index in [1.807, 2.05) is 42.5 Å². The highest BCUT2D eigenvalue weighted by molar-refractivity contribution is 5.97. The van der Waals surface area contributed by atoms with E-state index < -0.39 is 0 Å². The minimum Gasteiger partial charge on any atom is -0.238 e. The summed E-state index contributed by atoms with van der Waals surface area (Å²) in [5.74, 6) is 4.86. The summed E-state index contributed by atoms with van der Waals surface area (Å²) in [7, 11) is 0. The van der Waals surface area contributed by atoms with Gasteiger partial charge in [-0.2, -0.15) is 0 Å². The highest BCUT2D eigenvalue weighted by Crippen LogP contribution is 2.71. The lowest BCUT2D eigenvalue weighted by molar-refractivity contribution is -0.0397. The van der Waals surface area contributed by atoms with Gasteiger partial charge in [0.2, 0.25) is 0 Å². The SMILES string of the molecule is [C-]#[N+]c1cccc2c1-c1cccc(-c3ccccc3-c3cccc(-c4nc(-c5ccccc5)nc(-c5ccccc5)n4)c3)c1C21C2CC3CC(C2)CC1C3. The van der Waals surface area contributed by atoms with Gasteiger partial charge in [0, 0.05) is 22.1 Å². The molecule has 54 heavy (non-hydrogen) atoms. The number of hydrogen-bond donors (Lipinski definition) is 0. The summed E-state index contributed by atoms with van der Waals surface area (Å²) in [5, 5.41) is 0. The molecule has 4 fully saturated rings. The normalized spacial score (nSPS) is 22.9. The van der Waals surface area contributed by atoms with Crippen molar-refractivity contribution in [1.29, 1.82) is 0 Å². The molecule has 0 amide bonds. The minimum atomic E-state index is -0.0586. The predicted octanol–water partition coefficient (Wildman–Crippen LogP) is 12.5. The van der Waals surface area contributed by atoms with Crippen molar-refractivity contribution in [3.63, 3.8) is 0 Å². The summed E-state index contributed by atoms with van der Waals surface area (Å²) < 4.78 is 0. The molecule has 0 saturated heterocycles. The Morgan fingerprint density at radius 3 is 1.61 bits per heavy atom. The van der Waals surface area contributed by atoms with Gasteiger partial charge < -0.3 is 0 Å². The molecular formula is C50H38N4. The summed E-state index contributed by atoms with van der Waals surface area (Å²) in [6.07, 6.45) is 6.61. The fourth-order valence-corrected chi connectivity index (χ4v) is 11.3. The number of hydrogen-bond acceptors (Lipinski definition) is 3. The molecule has 0 radical (unpaired) electrons. The number of aromatic nitrogens is 3. The van der Waals surface area contributed by atoms with Crippen LogP contribution in [0, 0.1) is 30.2 Å². The van der Waals surface area contributed by atoms with Crippen LogP contribution in [0.3, 0.4) is 0 Å². The van der Waals surface area contributed by atoms with Gasteiger partial charge in [-0.3, -0.25) is 0 Å². The molecule has 0 N–H and O–H groups in total. The number of fused-ring (bicyclic) bond motifs is 3. The lowest BCUT2D eigenvalue weighted by atomic mass is 9.42. The van der Waals surface area contributed by atoms with Gasteiger partial charge >= 0.3 is 0 Å². The van der Waals surface area contributed by atoms with E-state index in [0.29, 0.717) is 29.3 Å². The van der Waals surface area contributed by atoms with E-state index in [9.17, 15) is 0 Å². The number of benzene rings is 6. The summed E-state index contributed by atoms with van der Waals surface area (Å²) in [4.78, 5) is 19.2. The predicted molar refractivity (Wildman–Crippen MR) is 217 cm³/mol. The molecule has 6 aromatic carbocycles. The van der Waals surface area contributed by atoms with Crippen LogP contribution in [0.25, 0.3) is 72.4 Å². The molecule has 0 unspecified atom stereocenters. The first-order valence-corrected chi connectivity index (χ1v) is 19.4. The second kappa shape index (κ2) is 12.2. The van der Waals surface area contributed by atoms with Crippen molar-refractivity contribution < 1.29 is 0 Å². The summed E-state index contributed by atoms with van der Waals surface area (Å²) in [6.45, 7) is 8.24. The molecule has 5 aliphatic rings. The van der Waals surface area contributed by atoms with E-state index in [2.05, 4.69) is 108 Å². The fraction of sp³-hybridized carbons (Fsp3) is 0.200. The first-order chi connectivity index (χ1) is 26.7. The first kappa shape index (κ1) is 31.4. The zero-order valence-corrected chi connectivity index (χ0v) is 30.0. The van der Waals surface area contributed by atoms with E-state index in [1.165, 1.54) is 71.0 Å². The van der Waals surface area contributed by atoms with Crippen molar-refractivity contribution in [2.75, 3.05) is 0 Å². The topological polar surface area (TPSA) is 43.0 Å². The highest BCUT2D eigenvalue weighted by Gasteiger charge is 2.62. The van der Waals surface area contributed by atoms with Crippen LogP contribution in [-0.4, -0.2) is 15.0 Å². The van der Waals surface area contributed by atoms with Crippen LogP contribution in [-0.2, 0) is 5.41 Å². The molecule has 0 atom stereocenters. The van der Waals surface area contributed by atoms with Crippen LogP contribution >= 0.6 is 0 Å². The van der Waals surface area contributed by atoms with Crippen molar-refractivity contribution in [2.24, 2.45) is 23.7 Å². The number of nitrogens with zero attached hydrogens (tertiary/aromatic N) is 4. The van der Waals surface area contributed by atoms with Crippen LogP contribution in [0.5, 0.6) is 0 Å². The van der Waals surface area contributed by atoms with Crippen molar-refractivity contribution in [1.82, 2.24) is 15.0 Å². The summed E-state index contributed by atoms with van der Waals surface area (Å²) >= 11 is 0. The molecule has 1 heterocycles. The van der Waals surface area contributed by atoms with Crippen LogP contribution in [0.4, 0.5) is 5.69 Å². The van der Waals surface area contributed by atoms with E-state index in [1.54, 1.807) is 0 Å². The molecule has 4 bridgehead atoms. The van der Waals surface area contributed by atoms with Gasteiger partial charge in [-0.05, 0) is 106 Å². The molecular weight excluding hydrogens is 657 g/mol. The highest BCUT2D eigenvalue weighted by atomic mass is 15.0. The third-order valence-corrected chi connectivity index (χ3v) is 13.1. The maximum atomic E-state index is 8.24. The van der Waals surface area contributed by atoms with Gasteiger partial charge in [-0.1, -0.05) is 140 Å². The first-order valence-electron chi connectivity index (χ1n) is 19.4. The van der Waals surface area contributed by atoms with E-state index in [4.69, 9.17) is 21.5 Å². The molecule has 5 aliphatic carbocycles. The fourth-order valence-electron chi connectivity index (χ4n) is 11.3. The lowest BCUT2D eigenvalue weighted by Gasteiger charge is -2.61. The molecule has 7 aromatic rings. The Bertz CT molecular complexity index is 2550. The van der Waals surface area contributed by atoms with E-state index >= 15 is 0 Å². The molecule has 258 valence electrons. The second-order valence-corrected chi connectivity index (χ2v) is 15.9. The Morgan fingerprint density at radius 2 is 0.963 bits per heavy atom. The Labute approximate surface area is 316 Å². The Morgan fingerprint density at radius 1 is 0.463 bits per heavy atom. The van der Waals surface area contributed by atoms with Gasteiger partial charge in [0.25, 0.3) is 0 Å². The smallest absolute Gasteiger partial charge is 0.195 e. The zero-order valence-electron chi connectivity index (χ0n) is 30.0. The van der Waals surface area contributed by atoms with Crippen LogP contribution in [0.1, 0.15) is 43.2 Å². The monoisotopic (exact) mass is 694 g/mol. The van der Waals surface area contributed by atoms with Crippen molar-refractivity contribution in [3.8, 4) is 67.5 Å². The Hall–Kier alpha value is -6.18. The van der Waals surface area contributed by atoms with Crippen molar-refractivity contribution in [2.45, 2.75) is 37.5 Å². The van der Waals surface area contributed by atoms with Gasteiger partial charge in [0.15, 0.2) is 23.2 Å². The van der Waals surface area contributed by atoms with Gasteiger partial charge in [-0.25, -0.2) is 19.8 Å². The van der Waals surface area contributed by atoms with Crippen LogP contribution in [0.15, 0.2) is 146 Å². The third kappa shape index (κ3) is 4.64. The second-order valence-electron chi connectivity index (χ2n) is 15.9. The standard InChI is InChI=1S/C50H38N4/c1-51-44-24-12-23-43-45(44)42-22-11-21-41(46(42)50(43)37-26-31-25-32(28-37)29-38(50)27-31)40-20-9-8-19-39(40)35-17-10-18-36(30-35)49-53-47(33-13-4-2-5-14-33)52-48(54-49)34-15-6-3-7-16-34/h2-24,30-32,37-38H,25-29H2. The van der Waals surface area contributed by atoms with E-state index in [0.717, 1.165) is 39.8 Å². The zero-order chi connectivity index (χ0) is 35.8. The van der Waals surface area contributed by atoms with Gasteiger partial charge in [0.1, 0.15) is 0 Å². The summed E-state index contributed by atoms with van der Waals surface area (Å²) in [6, 6.07) is 51.4. The third-order valence-electron chi connectivity index (χ3n) is 13.1. The number of rotatable bonds is 5. The lowest BCUT2D eigenvalue weighted by Crippen LogP contribution is -2.55. The maximum absolute atomic E-state index is 8.24. The van der Waals surface area contributed by atoms with Crippen molar-refractivity contribution >= 4 is 5.69 Å². The van der Waals surface area contributed by atoms with Gasteiger partial charge in [-0.15, -0.1) is 0 Å². The minimum absolute atomic E-state index is 0.0586. The average Bonchev–Trinajstić information content (AvgIpc) is 3.54. The molecule has 0 aliphatic heterocycles. The van der Waals surface area contributed by atoms with Gasteiger partial charge in [0.05, 0.1) is 6.57 Å². The Kier molecular flexibility index (Phi) is 7.07. The Balaban J connectivity index is 1.09. The molecule has 4 saturated carbocycles. The molecule has 1 aromatic heterocycles. The quantitative estimate of drug-likeness (QED) is 0.168. The van der Waals surface area contributed by atoms with Crippen LogP contribution in [0.2, 0.25) is 0 Å². The van der Waals surface area contributed by atoms with Crippen molar-refractivity contribution in [3.05, 3.63) is 168 Å². The molecule has 4 nitrogen and oxygen atoms in total. The largest absolute Gasteiger partial charge is 0.238 e. The molecule has 1 spiro atoms. The molecule has 4 heteroatoms. The van der Waals surface area contributed by atoms with E-state index in [-0.39, 0.29) is 5.41 Å².